The molecule has 40 heavy (non-hydrogen) atoms. The van der Waals surface area contributed by atoms with Crippen molar-refractivity contribution in [2.75, 3.05) is 32.8 Å². The van der Waals surface area contributed by atoms with Crippen molar-refractivity contribution in [3.63, 3.8) is 0 Å². The number of carbonyl (C=O) groups is 3. The zero-order valence-corrected chi connectivity index (χ0v) is 23.4. The number of nitrogens with two attached hydrogens (primary N) is 1. The molecule has 2 unspecified atom stereocenters. The van der Waals surface area contributed by atoms with Gasteiger partial charge in [0.2, 0.25) is 11.8 Å². The first kappa shape index (κ1) is 29.3. The van der Waals surface area contributed by atoms with E-state index in [4.69, 9.17) is 15.2 Å². The highest BCUT2D eigenvalue weighted by Gasteiger charge is 2.31. The summed E-state index contributed by atoms with van der Waals surface area (Å²) in [5, 5.41) is 2.90. The van der Waals surface area contributed by atoms with Crippen molar-refractivity contribution in [3.8, 4) is 17.3 Å². The van der Waals surface area contributed by atoms with E-state index in [1.807, 2.05) is 37.3 Å². The van der Waals surface area contributed by atoms with Gasteiger partial charge in [0.25, 0.3) is 5.91 Å². The Kier molecular flexibility index (Phi) is 10.3. The lowest BCUT2D eigenvalue weighted by Crippen LogP contribution is -2.56. The molecule has 2 aliphatic rings. The first-order valence-corrected chi connectivity index (χ1v) is 14.2. The predicted molar refractivity (Wildman–Crippen MR) is 150 cm³/mol. The number of nitrogens with one attached hydrogen (secondary N) is 1. The molecule has 1 aromatic carbocycles. The van der Waals surface area contributed by atoms with E-state index < -0.39 is 11.9 Å². The lowest BCUT2D eigenvalue weighted by Gasteiger charge is -2.36. The van der Waals surface area contributed by atoms with Crippen molar-refractivity contribution < 1.29 is 23.9 Å². The number of ether oxygens (including phenoxy) is 2. The summed E-state index contributed by atoms with van der Waals surface area (Å²) in [4.78, 5) is 51.5. The van der Waals surface area contributed by atoms with Crippen LogP contribution >= 0.6 is 0 Å². The molecule has 11 heteroatoms. The first-order chi connectivity index (χ1) is 19.3. The molecule has 2 heterocycles. The van der Waals surface area contributed by atoms with Crippen LogP contribution in [0.15, 0.2) is 36.4 Å². The van der Waals surface area contributed by atoms with E-state index in [0.717, 1.165) is 31.2 Å². The van der Waals surface area contributed by atoms with Gasteiger partial charge in [-0.2, -0.15) is 4.98 Å². The fraction of sp³-hybridized carbons (Fsp3) is 0.552. The van der Waals surface area contributed by atoms with Gasteiger partial charge in [-0.15, -0.1) is 0 Å². The summed E-state index contributed by atoms with van der Waals surface area (Å²) in [7, 11) is 0. The summed E-state index contributed by atoms with van der Waals surface area (Å²) >= 11 is 0. The molecule has 1 saturated carbocycles. The zero-order chi connectivity index (χ0) is 28.5. The van der Waals surface area contributed by atoms with Crippen molar-refractivity contribution in [1.29, 1.82) is 0 Å². The predicted octanol–water partition coefficient (Wildman–Crippen LogP) is 2.99. The van der Waals surface area contributed by atoms with Gasteiger partial charge in [-0.25, -0.2) is 9.78 Å². The number of hydrogen-bond acceptors (Lipinski definition) is 8. The van der Waals surface area contributed by atoms with E-state index >= 15 is 0 Å². The first-order valence-electron chi connectivity index (χ1n) is 14.2. The fourth-order valence-corrected chi connectivity index (χ4v) is 4.96. The Morgan fingerprint density at radius 2 is 1.70 bits per heavy atom. The third-order valence-electron chi connectivity index (χ3n) is 7.19. The minimum Gasteiger partial charge on any atom is -0.474 e. The smallest absolute Gasteiger partial charge is 0.409 e. The third kappa shape index (κ3) is 7.91. The van der Waals surface area contributed by atoms with E-state index in [1.54, 1.807) is 22.8 Å². The molecule has 216 valence electrons. The number of amides is 3. The Morgan fingerprint density at radius 3 is 2.35 bits per heavy atom. The van der Waals surface area contributed by atoms with Gasteiger partial charge in [-0.05, 0) is 52.4 Å². The molecular formula is C29H40N6O5. The number of nitrogens with zero attached hydrogens (tertiary/aromatic N) is 4. The summed E-state index contributed by atoms with van der Waals surface area (Å²) in [5.41, 5.74) is 6.88. The highest BCUT2D eigenvalue weighted by atomic mass is 16.6. The maximum atomic E-state index is 13.5. The monoisotopic (exact) mass is 552 g/mol. The maximum absolute atomic E-state index is 13.5. The van der Waals surface area contributed by atoms with Gasteiger partial charge in [0.05, 0.1) is 6.61 Å². The topological polar surface area (TPSA) is 140 Å². The molecule has 1 aliphatic carbocycles. The number of aromatic nitrogens is 2. The Balaban J connectivity index is 1.51. The number of benzene rings is 1. The Morgan fingerprint density at radius 1 is 1.02 bits per heavy atom. The van der Waals surface area contributed by atoms with Crippen molar-refractivity contribution in [2.45, 2.75) is 70.6 Å². The molecular weight excluding hydrogens is 512 g/mol. The molecule has 0 spiro atoms. The molecule has 3 amide bonds. The second kappa shape index (κ2) is 14.1. The van der Waals surface area contributed by atoms with Gasteiger partial charge >= 0.3 is 6.09 Å². The van der Waals surface area contributed by atoms with Gasteiger partial charge in [-0.3, -0.25) is 9.59 Å². The van der Waals surface area contributed by atoms with E-state index in [0.29, 0.717) is 57.3 Å². The van der Waals surface area contributed by atoms with Crippen molar-refractivity contribution >= 4 is 17.9 Å². The van der Waals surface area contributed by atoms with Crippen molar-refractivity contribution in [3.05, 3.63) is 42.1 Å². The average molecular weight is 553 g/mol. The van der Waals surface area contributed by atoms with Crippen LogP contribution in [0.3, 0.4) is 0 Å². The molecule has 1 saturated heterocycles. The maximum Gasteiger partial charge on any atom is 0.409 e. The summed E-state index contributed by atoms with van der Waals surface area (Å²) in [6.45, 7) is 5.37. The van der Waals surface area contributed by atoms with Crippen LogP contribution in [0.4, 0.5) is 4.79 Å². The van der Waals surface area contributed by atoms with Crippen LogP contribution in [-0.4, -0.2) is 88.6 Å². The van der Waals surface area contributed by atoms with Gasteiger partial charge in [0.1, 0.15) is 17.8 Å². The van der Waals surface area contributed by atoms with Crippen molar-refractivity contribution in [1.82, 2.24) is 25.1 Å². The molecule has 2 fully saturated rings. The van der Waals surface area contributed by atoms with Gasteiger partial charge < -0.3 is 30.3 Å². The molecule has 11 nitrogen and oxygen atoms in total. The molecule has 2 atom stereocenters. The molecule has 2 aromatic rings. The minimum atomic E-state index is -0.790. The fourth-order valence-electron chi connectivity index (χ4n) is 4.96. The molecule has 4 rings (SSSR count). The summed E-state index contributed by atoms with van der Waals surface area (Å²) in [6, 6.07) is 10.0. The lowest BCUT2D eigenvalue weighted by atomic mass is 10.1. The number of carbonyl (C=O) groups excluding carboxylic acids is 3. The molecule has 1 aliphatic heterocycles. The number of hydrogen-bond donors (Lipinski definition) is 2. The van der Waals surface area contributed by atoms with Crippen LogP contribution in [0.1, 0.15) is 62.9 Å². The van der Waals surface area contributed by atoms with Crippen LogP contribution in [0, 0.1) is 0 Å². The summed E-state index contributed by atoms with van der Waals surface area (Å²) < 4.78 is 11.2. The molecule has 0 radical (unpaired) electrons. The average Bonchev–Trinajstić information content (AvgIpc) is 3.48. The quantitative estimate of drug-likeness (QED) is 0.459. The highest BCUT2D eigenvalue weighted by molar-refractivity contribution is 5.96. The third-order valence-corrected chi connectivity index (χ3v) is 7.19. The second-order valence-electron chi connectivity index (χ2n) is 10.4. The summed E-state index contributed by atoms with van der Waals surface area (Å²) in [5.74, 6) is 0.0375. The number of rotatable bonds is 10. The van der Waals surface area contributed by atoms with Crippen LogP contribution in [0.5, 0.6) is 5.88 Å². The minimum absolute atomic E-state index is 0.0584. The largest absolute Gasteiger partial charge is 0.474 e. The highest BCUT2D eigenvalue weighted by Crippen LogP contribution is 2.25. The van der Waals surface area contributed by atoms with E-state index in [9.17, 15) is 14.4 Å². The molecule has 3 N–H and O–H groups in total. The van der Waals surface area contributed by atoms with Crippen LogP contribution in [-0.2, 0) is 9.53 Å². The normalized spacial score (nSPS) is 17.3. The zero-order valence-electron chi connectivity index (χ0n) is 23.4. The van der Waals surface area contributed by atoms with Crippen LogP contribution < -0.4 is 15.8 Å². The SMILES string of the molecule is CCOC(=O)N1CCN(C(=O)C(CCC(C)N)NC(=O)c2cc(OC3CCCC3)nc(-c3ccccc3)n2)CC1. The van der Waals surface area contributed by atoms with Gasteiger partial charge in [0.15, 0.2) is 5.82 Å². The molecule has 0 bridgehead atoms. The van der Waals surface area contributed by atoms with Crippen LogP contribution in [0.2, 0.25) is 0 Å². The Bertz CT molecular complexity index is 1150. The standard InChI is InChI=1S/C29H40N6O5/c1-3-39-29(38)35-17-15-34(16-18-35)28(37)23(14-13-20(2)30)32-27(36)24-19-25(40-22-11-7-8-12-22)33-26(31-24)21-9-5-4-6-10-21/h4-6,9-10,19-20,22-23H,3,7-8,11-18,30H2,1-2H3,(H,32,36). The van der Waals surface area contributed by atoms with Crippen molar-refractivity contribution in [2.24, 2.45) is 5.73 Å². The van der Waals surface area contributed by atoms with E-state index in [2.05, 4.69) is 15.3 Å². The second-order valence-corrected chi connectivity index (χ2v) is 10.4. The summed E-state index contributed by atoms with van der Waals surface area (Å²) in [6.07, 6.45) is 4.70. The van der Waals surface area contributed by atoms with Gasteiger partial charge in [-0.1, -0.05) is 30.3 Å². The van der Waals surface area contributed by atoms with E-state index in [-0.39, 0.29) is 29.8 Å². The lowest BCUT2D eigenvalue weighted by molar-refractivity contribution is -0.135. The van der Waals surface area contributed by atoms with Crippen LogP contribution in [0.25, 0.3) is 11.4 Å². The number of piperazine rings is 1. The Hall–Kier alpha value is -3.73. The van der Waals surface area contributed by atoms with E-state index in [1.165, 1.54) is 0 Å². The van der Waals surface area contributed by atoms with Gasteiger partial charge in [0, 0.05) is 43.9 Å². The Labute approximate surface area is 235 Å². The molecule has 1 aromatic heterocycles.